The minimum absolute atomic E-state index is 0.173. The molecule has 1 fully saturated rings. The van der Waals surface area contributed by atoms with Crippen LogP contribution in [0.25, 0.3) is 5.69 Å². The lowest BCUT2D eigenvalue weighted by molar-refractivity contribution is -0.140. The summed E-state index contributed by atoms with van der Waals surface area (Å²) < 4.78 is 15.8. The first-order valence-electron chi connectivity index (χ1n) is 11.1. The number of hydrogen-bond donors (Lipinski definition) is 0. The smallest absolute Gasteiger partial charge is 0.228 e. The fourth-order valence-electron chi connectivity index (χ4n) is 4.25. The van der Waals surface area contributed by atoms with Crippen molar-refractivity contribution in [2.24, 2.45) is 11.3 Å². The number of carbonyl (C=O) groups excluding carboxylic acids is 1. The van der Waals surface area contributed by atoms with Gasteiger partial charge < -0.3 is 4.90 Å². The minimum atomic E-state index is -0.421. The lowest BCUT2D eigenvalue weighted by Gasteiger charge is -2.30. The Morgan fingerprint density at radius 1 is 1.30 bits per heavy atom. The van der Waals surface area contributed by atoms with Gasteiger partial charge in [0.1, 0.15) is 5.82 Å². The summed E-state index contributed by atoms with van der Waals surface area (Å²) in [4.78, 5) is 17.6. The number of amides is 1. The first-order chi connectivity index (χ1) is 14.3. The molecule has 6 heteroatoms. The molecule has 0 atom stereocenters. The molecule has 1 aliphatic carbocycles. The van der Waals surface area contributed by atoms with Gasteiger partial charge in [0.25, 0.3) is 0 Å². The number of likely N-dealkylation sites (N-methyl/N-ethyl adjacent to an activating group) is 1. The van der Waals surface area contributed by atoms with Gasteiger partial charge in [-0.2, -0.15) is 5.10 Å². The lowest BCUT2D eigenvalue weighted by atomic mass is 9.94. The van der Waals surface area contributed by atoms with E-state index in [2.05, 4.69) is 11.8 Å². The van der Waals surface area contributed by atoms with Crippen LogP contribution in [0, 0.1) is 17.2 Å². The van der Waals surface area contributed by atoms with Gasteiger partial charge in [-0.15, -0.1) is 0 Å². The third kappa shape index (κ3) is 4.43. The Balaban J connectivity index is 1.71. The van der Waals surface area contributed by atoms with Crippen LogP contribution in [0.3, 0.4) is 0 Å². The maximum atomic E-state index is 13.9. The van der Waals surface area contributed by atoms with Gasteiger partial charge in [-0.25, -0.2) is 9.07 Å². The molecular formula is C24H33FN4O. The molecule has 4 rings (SSSR count). The van der Waals surface area contributed by atoms with Crippen LogP contribution in [-0.4, -0.2) is 45.1 Å². The van der Waals surface area contributed by atoms with Crippen LogP contribution in [0.5, 0.6) is 0 Å². The van der Waals surface area contributed by atoms with Crippen LogP contribution in [0.15, 0.2) is 24.3 Å². The predicted octanol–water partition coefficient (Wildman–Crippen LogP) is 4.17. The highest BCUT2D eigenvalue weighted by molar-refractivity contribution is 5.81. The molecule has 1 aromatic carbocycles. The first-order valence-corrected chi connectivity index (χ1v) is 11.1. The molecule has 1 aliphatic heterocycles. The average molecular weight is 413 g/mol. The van der Waals surface area contributed by atoms with Crippen LogP contribution in [0.1, 0.15) is 57.5 Å². The highest BCUT2D eigenvalue weighted by atomic mass is 19.1. The van der Waals surface area contributed by atoms with Crippen LogP contribution in [-0.2, 0) is 24.3 Å². The largest absolute Gasteiger partial charge is 0.336 e. The van der Waals surface area contributed by atoms with Crippen LogP contribution in [0.2, 0.25) is 0 Å². The Bertz CT molecular complexity index is 926. The average Bonchev–Trinajstić information content (AvgIpc) is 3.46. The number of carbonyl (C=O) groups is 1. The van der Waals surface area contributed by atoms with Crippen molar-refractivity contribution in [1.82, 2.24) is 19.6 Å². The van der Waals surface area contributed by atoms with Crippen LogP contribution >= 0.6 is 0 Å². The minimum Gasteiger partial charge on any atom is -0.336 e. The Hall–Kier alpha value is -2.21. The maximum absolute atomic E-state index is 13.9. The molecule has 0 bridgehead atoms. The normalized spacial score (nSPS) is 17.1. The molecule has 1 amide bonds. The van der Waals surface area contributed by atoms with Crippen molar-refractivity contribution in [3.8, 4) is 5.69 Å². The molecular weight excluding hydrogens is 379 g/mol. The Labute approximate surface area is 178 Å². The third-order valence-corrected chi connectivity index (χ3v) is 6.16. The molecule has 0 spiro atoms. The number of benzene rings is 1. The Morgan fingerprint density at radius 2 is 2.07 bits per heavy atom. The molecule has 2 heterocycles. The van der Waals surface area contributed by atoms with Crippen molar-refractivity contribution in [2.75, 3.05) is 19.6 Å². The topological polar surface area (TPSA) is 41.4 Å². The van der Waals surface area contributed by atoms with Crippen LogP contribution in [0.4, 0.5) is 4.39 Å². The van der Waals surface area contributed by atoms with E-state index in [0.717, 1.165) is 49.7 Å². The molecule has 162 valence electrons. The zero-order valence-electron chi connectivity index (χ0n) is 18.6. The molecule has 0 unspecified atom stereocenters. The third-order valence-electron chi connectivity index (χ3n) is 6.16. The van der Waals surface area contributed by atoms with Crippen molar-refractivity contribution in [3.05, 3.63) is 47.0 Å². The Morgan fingerprint density at radius 3 is 2.70 bits per heavy atom. The standard InChI is InChI=1S/C24H33FN4O/c1-5-27-12-11-22-20(15-27)21(26-29(22)19-8-6-7-18(25)13-19)16-28(14-17-9-10-17)23(30)24(2,3)4/h6-8,13,17H,5,9-12,14-16H2,1-4H3. The molecule has 5 nitrogen and oxygen atoms in total. The van der Waals surface area contributed by atoms with Gasteiger partial charge in [-0.1, -0.05) is 33.8 Å². The molecule has 30 heavy (non-hydrogen) atoms. The summed E-state index contributed by atoms with van der Waals surface area (Å²) in [5.74, 6) is 0.527. The number of hydrogen-bond acceptors (Lipinski definition) is 3. The van der Waals surface area contributed by atoms with E-state index in [1.54, 1.807) is 6.07 Å². The zero-order valence-corrected chi connectivity index (χ0v) is 18.6. The fraction of sp³-hybridized carbons (Fsp3) is 0.583. The lowest BCUT2D eigenvalue weighted by Crippen LogP contribution is -2.40. The summed E-state index contributed by atoms with van der Waals surface area (Å²) in [5, 5.41) is 4.93. The molecule has 0 N–H and O–H groups in total. The number of rotatable bonds is 6. The van der Waals surface area contributed by atoms with Gasteiger partial charge in [-0.3, -0.25) is 9.69 Å². The van der Waals surface area contributed by atoms with Gasteiger partial charge in [-0.05, 0) is 43.5 Å². The number of halogens is 1. The van der Waals surface area contributed by atoms with Gasteiger partial charge in [0.2, 0.25) is 5.91 Å². The molecule has 2 aromatic rings. The van der Waals surface area contributed by atoms with E-state index in [1.807, 2.05) is 36.4 Å². The number of aromatic nitrogens is 2. The highest BCUT2D eigenvalue weighted by Crippen LogP contribution is 2.33. The summed E-state index contributed by atoms with van der Waals surface area (Å²) >= 11 is 0. The summed E-state index contributed by atoms with van der Waals surface area (Å²) in [6.45, 7) is 12.2. The maximum Gasteiger partial charge on any atom is 0.228 e. The van der Waals surface area contributed by atoms with Crippen LogP contribution < -0.4 is 0 Å². The Kier molecular flexibility index (Phi) is 5.71. The molecule has 1 saturated carbocycles. The summed E-state index contributed by atoms with van der Waals surface area (Å²) in [7, 11) is 0. The second kappa shape index (κ2) is 8.14. The summed E-state index contributed by atoms with van der Waals surface area (Å²) in [6.07, 6.45) is 3.28. The highest BCUT2D eigenvalue weighted by Gasteiger charge is 2.34. The molecule has 2 aliphatic rings. The molecule has 1 aromatic heterocycles. The fourth-order valence-corrected chi connectivity index (χ4v) is 4.25. The van der Waals surface area contributed by atoms with E-state index < -0.39 is 5.41 Å². The van der Waals surface area contributed by atoms with Gasteiger partial charge in [0, 0.05) is 37.0 Å². The zero-order chi connectivity index (χ0) is 21.5. The quantitative estimate of drug-likeness (QED) is 0.715. The summed E-state index contributed by atoms with van der Waals surface area (Å²) in [6, 6.07) is 6.61. The van der Waals surface area contributed by atoms with E-state index in [0.29, 0.717) is 12.5 Å². The van der Waals surface area contributed by atoms with Crippen molar-refractivity contribution in [1.29, 1.82) is 0 Å². The van der Waals surface area contributed by atoms with E-state index >= 15 is 0 Å². The number of fused-ring (bicyclic) bond motifs is 1. The van der Waals surface area contributed by atoms with E-state index in [-0.39, 0.29) is 11.7 Å². The van der Waals surface area contributed by atoms with Crippen molar-refractivity contribution in [2.45, 2.75) is 60.0 Å². The van der Waals surface area contributed by atoms with Crippen molar-refractivity contribution >= 4 is 5.91 Å². The predicted molar refractivity (Wildman–Crippen MR) is 116 cm³/mol. The number of nitrogens with zero attached hydrogens (tertiary/aromatic N) is 4. The molecule has 0 radical (unpaired) electrons. The second-order valence-electron chi connectivity index (χ2n) is 9.76. The van der Waals surface area contributed by atoms with Gasteiger partial charge in [0.05, 0.1) is 23.6 Å². The monoisotopic (exact) mass is 412 g/mol. The van der Waals surface area contributed by atoms with Crippen molar-refractivity contribution < 1.29 is 9.18 Å². The van der Waals surface area contributed by atoms with E-state index in [4.69, 9.17) is 5.10 Å². The van der Waals surface area contributed by atoms with Gasteiger partial charge in [0.15, 0.2) is 0 Å². The van der Waals surface area contributed by atoms with E-state index in [9.17, 15) is 9.18 Å². The first kappa shape index (κ1) is 21.0. The molecule has 0 saturated heterocycles. The SMILES string of the molecule is CCN1CCc2c(c(CN(CC3CC3)C(=O)C(C)(C)C)nn2-c2cccc(F)c2)C1. The second-order valence-corrected chi connectivity index (χ2v) is 9.76. The summed E-state index contributed by atoms with van der Waals surface area (Å²) in [5.41, 5.74) is 3.63. The van der Waals surface area contributed by atoms with E-state index in [1.165, 1.54) is 30.5 Å². The van der Waals surface area contributed by atoms with Crippen molar-refractivity contribution in [3.63, 3.8) is 0 Å². The van der Waals surface area contributed by atoms with Gasteiger partial charge >= 0.3 is 0 Å².